The molecule has 1 unspecified atom stereocenters. The second-order valence-electron chi connectivity index (χ2n) is 5.93. The highest BCUT2D eigenvalue weighted by atomic mass is 16.3. The number of amides is 2. The maximum absolute atomic E-state index is 11.9. The van der Waals surface area contributed by atoms with Crippen LogP contribution in [0.3, 0.4) is 0 Å². The Labute approximate surface area is 132 Å². The zero-order chi connectivity index (χ0) is 15.9. The van der Waals surface area contributed by atoms with Gasteiger partial charge in [0.15, 0.2) is 0 Å². The van der Waals surface area contributed by atoms with Gasteiger partial charge in [0.05, 0.1) is 6.10 Å². The van der Waals surface area contributed by atoms with Gasteiger partial charge in [-0.3, -0.25) is 0 Å². The van der Waals surface area contributed by atoms with Crippen molar-refractivity contribution in [3.63, 3.8) is 0 Å². The van der Waals surface area contributed by atoms with Gasteiger partial charge in [-0.1, -0.05) is 6.92 Å². The monoisotopic (exact) mass is 305 g/mol. The van der Waals surface area contributed by atoms with Crippen molar-refractivity contribution in [2.24, 2.45) is 0 Å². The molecule has 1 heterocycles. The molecule has 5 heteroatoms. The molecular weight excluding hydrogens is 278 g/mol. The summed E-state index contributed by atoms with van der Waals surface area (Å²) in [5.74, 6) is 0. The van der Waals surface area contributed by atoms with E-state index in [0.717, 1.165) is 24.3 Å². The highest BCUT2D eigenvalue weighted by Crippen LogP contribution is 2.25. The molecule has 2 amide bonds. The van der Waals surface area contributed by atoms with Crippen molar-refractivity contribution in [1.82, 2.24) is 5.32 Å². The van der Waals surface area contributed by atoms with Crippen LogP contribution >= 0.6 is 0 Å². The van der Waals surface area contributed by atoms with Gasteiger partial charge in [-0.2, -0.15) is 0 Å². The number of aliphatic hydroxyl groups excluding tert-OH is 1. The molecule has 1 aromatic carbocycles. The molecule has 2 rings (SSSR count). The van der Waals surface area contributed by atoms with Gasteiger partial charge in [-0.25, -0.2) is 4.79 Å². The van der Waals surface area contributed by atoms with E-state index in [-0.39, 0.29) is 12.1 Å². The first-order chi connectivity index (χ1) is 10.6. The summed E-state index contributed by atoms with van der Waals surface area (Å²) in [6, 6.07) is 5.93. The zero-order valence-corrected chi connectivity index (χ0v) is 13.6. The molecule has 1 aromatic rings. The predicted molar refractivity (Wildman–Crippen MR) is 90.6 cm³/mol. The highest BCUT2D eigenvalue weighted by Gasteiger charge is 2.13. The standard InChI is InChI=1S/C17H27N3O2/c1-3-15(21)8-9-18-17(22)19-16-7-6-14(12-13(16)2)20-10-4-5-11-20/h6-7,12,15,21H,3-5,8-11H2,1-2H3,(H2,18,19,22). The van der Waals surface area contributed by atoms with Crippen molar-refractivity contribution in [3.05, 3.63) is 23.8 Å². The lowest BCUT2D eigenvalue weighted by Crippen LogP contribution is -2.31. The second kappa shape index (κ2) is 8.03. The summed E-state index contributed by atoms with van der Waals surface area (Å²) in [4.78, 5) is 14.2. The molecule has 1 fully saturated rings. The van der Waals surface area contributed by atoms with E-state index < -0.39 is 0 Å². The molecule has 122 valence electrons. The van der Waals surface area contributed by atoms with E-state index in [9.17, 15) is 9.90 Å². The highest BCUT2D eigenvalue weighted by molar-refractivity contribution is 5.90. The van der Waals surface area contributed by atoms with E-state index >= 15 is 0 Å². The molecular formula is C17H27N3O2. The third kappa shape index (κ3) is 4.63. The van der Waals surface area contributed by atoms with Crippen molar-refractivity contribution in [2.45, 2.75) is 45.6 Å². The first-order valence-corrected chi connectivity index (χ1v) is 8.18. The minimum absolute atomic E-state index is 0.222. The third-order valence-corrected chi connectivity index (χ3v) is 4.16. The molecule has 0 aromatic heterocycles. The number of benzene rings is 1. The van der Waals surface area contributed by atoms with Gasteiger partial charge in [0.1, 0.15) is 0 Å². The van der Waals surface area contributed by atoms with Gasteiger partial charge >= 0.3 is 6.03 Å². The summed E-state index contributed by atoms with van der Waals surface area (Å²) in [7, 11) is 0. The van der Waals surface area contributed by atoms with Crippen molar-refractivity contribution in [2.75, 3.05) is 29.9 Å². The van der Waals surface area contributed by atoms with E-state index in [2.05, 4.69) is 27.7 Å². The molecule has 0 radical (unpaired) electrons. The van der Waals surface area contributed by atoms with Crippen LogP contribution in [-0.2, 0) is 0 Å². The molecule has 0 spiro atoms. The first-order valence-electron chi connectivity index (χ1n) is 8.18. The number of rotatable bonds is 6. The summed E-state index contributed by atoms with van der Waals surface area (Å²) in [6.45, 7) is 6.65. The molecule has 1 aliphatic heterocycles. The SMILES string of the molecule is CCC(O)CCNC(=O)Nc1ccc(N2CCCC2)cc1C. The van der Waals surface area contributed by atoms with Crippen LogP contribution in [0.5, 0.6) is 0 Å². The van der Waals surface area contributed by atoms with Gasteiger partial charge in [0.25, 0.3) is 0 Å². The summed E-state index contributed by atoms with van der Waals surface area (Å²) in [5.41, 5.74) is 3.12. The average molecular weight is 305 g/mol. The van der Waals surface area contributed by atoms with Gasteiger partial charge < -0.3 is 20.6 Å². The Morgan fingerprint density at radius 3 is 2.73 bits per heavy atom. The summed E-state index contributed by atoms with van der Waals surface area (Å²) < 4.78 is 0. The molecule has 0 bridgehead atoms. The quantitative estimate of drug-likeness (QED) is 0.757. The largest absolute Gasteiger partial charge is 0.393 e. The Kier molecular flexibility index (Phi) is 6.07. The number of hydrogen-bond donors (Lipinski definition) is 3. The number of urea groups is 1. The van der Waals surface area contributed by atoms with Crippen molar-refractivity contribution < 1.29 is 9.90 Å². The van der Waals surface area contributed by atoms with Gasteiger partial charge in [0, 0.05) is 31.0 Å². The molecule has 0 saturated carbocycles. The number of aliphatic hydroxyl groups is 1. The van der Waals surface area contributed by atoms with Crippen molar-refractivity contribution >= 4 is 17.4 Å². The van der Waals surface area contributed by atoms with Crippen molar-refractivity contribution in [1.29, 1.82) is 0 Å². The van der Waals surface area contributed by atoms with Crippen LogP contribution in [0.25, 0.3) is 0 Å². The fourth-order valence-corrected chi connectivity index (χ4v) is 2.68. The summed E-state index contributed by atoms with van der Waals surface area (Å²) >= 11 is 0. The first kappa shape index (κ1) is 16.6. The van der Waals surface area contributed by atoms with Crippen LogP contribution in [0, 0.1) is 6.92 Å². The Hall–Kier alpha value is -1.75. The van der Waals surface area contributed by atoms with E-state index in [1.807, 2.05) is 19.9 Å². The number of nitrogens with zero attached hydrogens (tertiary/aromatic N) is 1. The minimum atomic E-state index is -0.346. The third-order valence-electron chi connectivity index (χ3n) is 4.16. The van der Waals surface area contributed by atoms with Crippen LogP contribution in [0.1, 0.15) is 38.2 Å². The maximum Gasteiger partial charge on any atom is 0.319 e. The summed E-state index contributed by atoms with van der Waals surface area (Å²) in [5, 5.41) is 15.1. The maximum atomic E-state index is 11.9. The number of carbonyl (C=O) groups excluding carboxylic acids is 1. The van der Waals surface area contributed by atoms with Crippen molar-refractivity contribution in [3.8, 4) is 0 Å². The number of nitrogens with one attached hydrogen (secondary N) is 2. The summed E-state index contributed by atoms with van der Waals surface area (Å²) in [6.07, 6.45) is 3.45. The Morgan fingerprint density at radius 1 is 1.36 bits per heavy atom. The molecule has 5 nitrogen and oxygen atoms in total. The predicted octanol–water partition coefficient (Wildman–Crippen LogP) is 2.88. The molecule has 22 heavy (non-hydrogen) atoms. The van der Waals surface area contributed by atoms with Gasteiger partial charge in [0.2, 0.25) is 0 Å². The lowest BCUT2D eigenvalue weighted by molar-refractivity contribution is 0.160. The fraction of sp³-hybridized carbons (Fsp3) is 0.588. The average Bonchev–Trinajstić information content (AvgIpc) is 3.03. The lowest BCUT2D eigenvalue weighted by Gasteiger charge is -2.19. The molecule has 1 saturated heterocycles. The van der Waals surface area contributed by atoms with Crippen LogP contribution in [0.2, 0.25) is 0 Å². The Bertz CT molecular complexity index is 499. The Balaban J connectivity index is 1.85. The topological polar surface area (TPSA) is 64.6 Å². The van der Waals surface area contributed by atoms with E-state index in [4.69, 9.17) is 0 Å². The van der Waals surface area contributed by atoms with Crippen LogP contribution in [0.15, 0.2) is 18.2 Å². The molecule has 0 aliphatic carbocycles. The van der Waals surface area contributed by atoms with Gasteiger partial charge in [-0.15, -0.1) is 0 Å². The van der Waals surface area contributed by atoms with E-state index in [1.54, 1.807) is 0 Å². The normalized spacial score (nSPS) is 15.7. The second-order valence-corrected chi connectivity index (χ2v) is 5.93. The molecule has 3 N–H and O–H groups in total. The number of carbonyl (C=O) groups is 1. The van der Waals surface area contributed by atoms with Gasteiger partial charge in [-0.05, 0) is 56.4 Å². The number of aryl methyl sites for hydroxylation is 1. The number of hydrogen-bond acceptors (Lipinski definition) is 3. The fourth-order valence-electron chi connectivity index (χ4n) is 2.68. The van der Waals surface area contributed by atoms with E-state index in [0.29, 0.717) is 19.4 Å². The van der Waals surface area contributed by atoms with Crippen LogP contribution in [-0.4, -0.2) is 36.9 Å². The number of anilines is 2. The Morgan fingerprint density at radius 2 is 2.09 bits per heavy atom. The minimum Gasteiger partial charge on any atom is -0.393 e. The smallest absolute Gasteiger partial charge is 0.319 e. The lowest BCUT2D eigenvalue weighted by atomic mass is 10.1. The van der Waals surface area contributed by atoms with E-state index in [1.165, 1.54) is 18.5 Å². The van der Waals surface area contributed by atoms with Crippen LogP contribution < -0.4 is 15.5 Å². The van der Waals surface area contributed by atoms with Crippen LogP contribution in [0.4, 0.5) is 16.2 Å². The molecule has 1 atom stereocenters. The zero-order valence-electron chi connectivity index (χ0n) is 13.6. The molecule has 1 aliphatic rings.